The van der Waals surface area contributed by atoms with E-state index in [9.17, 15) is 4.79 Å². The Hall–Kier alpha value is -0.570. The van der Waals surface area contributed by atoms with E-state index in [1.807, 2.05) is 14.0 Å². The first-order valence-corrected chi connectivity index (χ1v) is 5.14. The van der Waals surface area contributed by atoms with E-state index in [2.05, 4.69) is 10.6 Å². The van der Waals surface area contributed by atoms with Gasteiger partial charge in [-0.05, 0) is 19.9 Å². The number of hydrogen-bond donors (Lipinski definition) is 2. The molecule has 1 aliphatic carbocycles. The molecular formula is C10H20N2O. The second-order valence-electron chi connectivity index (χ2n) is 4.01. The number of rotatable bonds is 5. The zero-order chi connectivity index (χ0) is 9.73. The van der Waals surface area contributed by atoms with Gasteiger partial charge in [-0.15, -0.1) is 0 Å². The first-order valence-electron chi connectivity index (χ1n) is 5.14. The van der Waals surface area contributed by atoms with Gasteiger partial charge in [-0.3, -0.25) is 4.79 Å². The summed E-state index contributed by atoms with van der Waals surface area (Å²) in [4.78, 5) is 11.1. The Morgan fingerprint density at radius 2 is 2.08 bits per heavy atom. The van der Waals surface area contributed by atoms with E-state index in [0.29, 0.717) is 11.8 Å². The van der Waals surface area contributed by atoms with Gasteiger partial charge >= 0.3 is 0 Å². The summed E-state index contributed by atoms with van der Waals surface area (Å²) in [6, 6.07) is 0. The van der Waals surface area contributed by atoms with Crippen LogP contribution in [0.1, 0.15) is 32.6 Å². The zero-order valence-corrected chi connectivity index (χ0v) is 8.65. The number of amides is 1. The third kappa shape index (κ3) is 2.69. The second-order valence-corrected chi connectivity index (χ2v) is 4.01. The standard InChI is InChI=1S/C10H20N2O/c1-3-9(13)12-8-10(7-11-2)5-4-6-10/h11H,3-8H2,1-2H3,(H,12,13). The Labute approximate surface area is 80.3 Å². The molecule has 3 nitrogen and oxygen atoms in total. The Balaban J connectivity index is 2.27. The first-order chi connectivity index (χ1) is 6.22. The topological polar surface area (TPSA) is 41.1 Å². The maximum Gasteiger partial charge on any atom is 0.219 e. The van der Waals surface area contributed by atoms with Crippen molar-refractivity contribution in [1.29, 1.82) is 0 Å². The molecular weight excluding hydrogens is 164 g/mol. The van der Waals surface area contributed by atoms with Crippen LogP contribution < -0.4 is 10.6 Å². The van der Waals surface area contributed by atoms with E-state index in [4.69, 9.17) is 0 Å². The fraction of sp³-hybridized carbons (Fsp3) is 0.900. The normalized spacial score (nSPS) is 19.2. The molecule has 1 rings (SSSR count). The van der Waals surface area contributed by atoms with Crippen molar-refractivity contribution in [2.24, 2.45) is 5.41 Å². The Kier molecular flexibility index (Phi) is 3.72. The molecule has 1 aliphatic rings. The molecule has 1 amide bonds. The summed E-state index contributed by atoms with van der Waals surface area (Å²) in [5.41, 5.74) is 0.361. The molecule has 0 spiro atoms. The van der Waals surface area contributed by atoms with E-state index in [-0.39, 0.29) is 5.91 Å². The van der Waals surface area contributed by atoms with Gasteiger partial charge in [0.15, 0.2) is 0 Å². The maximum absolute atomic E-state index is 11.1. The lowest BCUT2D eigenvalue weighted by molar-refractivity contribution is -0.121. The quantitative estimate of drug-likeness (QED) is 0.666. The fourth-order valence-electron chi connectivity index (χ4n) is 1.88. The third-order valence-electron chi connectivity index (χ3n) is 2.95. The van der Waals surface area contributed by atoms with Crippen molar-refractivity contribution in [3.8, 4) is 0 Å². The molecule has 76 valence electrons. The smallest absolute Gasteiger partial charge is 0.219 e. The molecule has 0 aliphatic heterocycles. The van der Waals surface area contributed by atoms with Crippen LogP contribution in [-0.2, 0) is 4.79 Å². The summed E-state index contributed by atoms with van der Waals surface area (Å²) < 4.78 is 0. The van der Waals surface area contributed by atoms with E-state index in [0.717, 1.165) is 13.1 Å². The van der Waals surface area contributed by atoms with Gasteiger partial charge in [-0.1, -0.05) is 13.3 Å². The monoisotopic (exact) mass is 184 g/mol. The minimum atomic E-state index is 0.169. The van der Waals surface area contributed by atoms with Crippen LogP contribution in [0, 0.1) is 5.41 Å². The van der Waals surface area contributed by atoms with Gasteiger partial charge in [0.1, 0.15) is 0 Å². The molecule has 13 heavy (non-hydrogen) atoms. The molecule has 0 aromatic carbocycles. The van der Waals surface area contributed by atoms with Crippen LogP contribution in [0.2, 0.25) is 0 Å². The van der Waals surface area contributed by atoms with Crippen molar-refractivity contribution >= 4 is 5.91 Å². The van der Waals surface area contributed by atoms with Crippen LogP contribution in [0.15, 0.2) is 0 Å². The van der Waals surface area contributed by atoms with Crippen LogP contribution >= 0.6 is 0 Å². The molecule has 0 aromatic heterocycles. The first kappa shape index (κ1) is 10.5. The molecule has 0 atom stereocenters. The molecule has 0 saturated heterocycles. The molecule has 0 unspecified atom stereocenters. The lowest BCUT2D eigenvalue weighted by atomic mass is 9.68. The highest BCUT2D eigenvalue weighted by atomic mass is 16.1. The van der Waals surface area contributed by atoms with E-state index >= 15 is 0 Å². The lowest BCUT2D eigenvalue weighted by Crippen LogP contribution is -2.47. The average molecular weight is 184 g/mol. The van der Waals surface area contributed by atoms with Gasteiger partial charge in [-0.2, -0.15) is 0 Å². The molecule has 0 bridgehead atoms. The largest absolute Gasteiger partial charge is 0.356 e. The number of hydrogen-bond acceptors (Lipinski definition) is 2. The third-order valence-corrected chi connectivity index (χ3v) is 2.95. The summed E-state index contributed by atoms with van der Waals surface area (Å²) in [6.45, 7) is 3.76. The summed E-state index contributed by atoms with van der Waals surface area (Å²) in [6.07, 6.45) is 4.40. The summed E-state index contributed by atoms with van der Waals surface area (Å²) in [5, 5.41) is 6.18. The van der Waals surface area contributed by atoms with E-state index < -0.39 is 0 Å². The van der Waals surface area contributed by atoms with Crippen LogP contribution in [-0.4, -0.2) is 26.0 Å². The lowest BCUT2D eigenvalue weighted by Gasteiger charge is -2.42. The summed E-state index contributed by atoms with van der Waals surface area (Å²) in [5.74, 6) is 0.169. The van der Waals surface area contributed by atoms with Gasteiger partial charge in [0.2, 0.25) is 5.91 Å². The van der Waals surface area contributed by atoms with Crippen LogP contribution in [0.4, 0.5) is 0 Å². The second kappa shape index (κ2) is 4.61. The Morgan fingerprint density at radius 3 is 2.46 bits per heavy atom. The minimum absolute atomic E-state index is 0.169. The van der Waals surface area contributed by atoms with Gasteiger partial charge in [0.25, 0.3) is 0 Å². The summed E-state index contributed by atoms with van der Waals surface area (Å²) in [7, 11) is 1.97. The van der Waals surface area contributed by atoms with Crippen molar-refractivity contribution < 1.29 is 4.79 Å². The highest BCUT2D eigenvalue weighted by Gasteiger charge is 2.36. The van der Waals surface area contributed by atoms with Gasteiger partial charge in [0.05, 0.1) is 0 Å². The Bertz CT molecular complexity index is 176. The van der Waals surface area contributed by atoms with Crippen molar-refractivity contribution in [3.05, 3.63) is 0 Å². The molecule has 1 saturated carbocycles. The van der Waals surface area contributed by atoms with Crippen LogP contribution in [0.5, 0.6) is 0 Å². The van der Waals surface area contributed by atoms with Crippen molar-refractivity contribution in [2.45, 2.75) is 32.6 Å². The van der Waals surface area contributed by atoms with Crippen LogP contribution in [0.25, 0.3) is 0 Å². The molecule has 0 heterocycles. The number of carbonyl (C=O) groups is 1. The highest BCUT2D eigenvalue weighted by Crippen LogP contribution is 2.39. The number of nitrogens with one attached hydrogen (secondary N) is 2. The highest BCUT2D eigenvalue weighted by molar-refractivity contribution is 5.75. The predicted molar refractivity (Wildman–Crippen MR) is 53.5 cm³/mol. The van der Waals surface area contributed by atoms with Crippen LogP contribution in [0.3, 0.4) is 0 Å². The average Bonchev–Trinajstić information content (AvgIpc) is 2.09. The molecule has 0 aromatic rings. The SMILES string of the molecule is CCC(=O)NCC1(CNC)CCC1. The fourth-order valence-corrected chi connectivity index (χ4v) is 1.88. The van der Waals surface area contributed by atoms with Crippen molar-refractivity contribution in [3.63, 3.8) is 0 Å². The molecule has 0 radical (unpaired) electrons. The Morgan fingerprint density at radius 1 is 1.38 bits per heavy atom. The van der Waals surface area contributed by atoms with Crippen molar-refractivity contribution in [1.82, 2.24) is 10.6 Å². The molecule has 1 fully saturated rings. The predicted octanol–water partition coefficient (Wildman–Crippen LogP) is 0.902. The molecule has 3 heteroatoms. The van der Waals surface area contributed by atoms with Gasteiger partial charge in [-0.25, -0.2) is 0 Å². The zero-order valence-electron chi connectivity index (χ0n) is 8.65. The van der Waals surface area contributed by atoms with Gasteiger partial charge < -0.3 is 10.6 Å². The summed E-state index contributed by atoms with van der Waals surface area (Å²) >= 11 is 0. The number of carbonyl (C=O) groups excluding carboxylic acids is 1. The van der Waals surface area contributed by atoms with Crippen molar-refractivity contribution in [2.75, 3.05) is 20.1 Å². The van der Waals surface area contributed by atoms with E-state index in [1.165, 1.54) is 19.3 Å². The maximum atomic E-state index is 11.1. The van der Waals surface area contributed by atoms with E-state index in [1.54, 1.807) is 0 Å². The minimum Gasteiger partial charge on any atom is -0.356 e. The molecule has 2 N–H and O–H groups in total. The van der Waals surface area contributed by atoms with Gasteiger partial charge in [0, 0.05) is 24.9 Å².